The highest BCUT2D eigenvalue weighted by atomic mass is 32.3. The third kappa shape index (κ3) is 5.47. The Kier molecular flexibility index (Phi) is 5.91. The van der Waals surface area contributed by atoms with Gasteiger partial charge in [-0.15, -0.1) is 5.10 Å². The number of nitrogens with one attached hydrogen (secondary N) is 1. The van der Waals surface area contributed by atoms with Crippen molar-refractivity contribution >= 4 is 22.4 Å². The maximum Gasteiger partial charge on any atom is 0.488 e. The molecule has 1 N–H and O–H groups in total. The summed E-state index contributed by atoms with van der Waals surface area (Å²) < 4.78 is 72.4. The number of ether oxygens (including phenoxy) is 1. The van der Waals surface area contributed by atoms with Crippen LogP contribution in [-0.2, 0) is 21.9 Å². The molecule has 1 aromatic heterocycles. The van der Waals surface area contributed by atoms with Gasteiger partial charge in [-0.2, -0.15) is 13.4 Å². The van der Waals surface area contributed by atoms with Gasteiger partial charge in [0.2, 0.25) is 11.9 Å². The van der Waals surface area contributed by atoms with Crippen molar-refractivity contribution in [2.24, 2.45) is 0 Å². The first-order valence-corrected chi connectivity index (χ1v) is 9.46. The second-order valence-electron chi connectivity index (χ2n) is 5.82. The first-order valence-electron chi connectivity index (χ1n) is 8.15. The van der Waals surface area contributed by atoms with Crippen LogP contribution in [0.25, 0.3) is 5.69 Å². The van der Waals surface area contributed by atoms with Gasteiger partial charge in [0.05, 0.1) is 11.3 Å². The highest BCUT2D eigenvalue weighted by Gasteiger charge is 2.15. The van der Waals surface area contributed by atoms with E-state index in [0.29, 0.717) is 0 Å². The number of halogens is 3. The molecular weight excluding hydrogens is 429 g/mol. The molecule has 3 rings (SSSR count). The van der Waals surface area contributed by atoms with Crippen molar-refractivity contribution in [3.63, 3.8) is 0 Å². The molecule has 0 saturated carbocycles. The van der Waals surface area contributed by atoms with Gasteiger partial charge in [0.25, 0.3) is 0 Å². The Morgan fingerprint density at radius 2 is 1.73 bits per heavy atom. The van der Waals surface area contributed by atoms with E-state index in [1.807, 2.05) is 0 Å². The number of carbonyl (C=O) groups excluding carboxylic acids is 1. The summed E-state index contributed by atoms with van der Waals surface area (Å²) in [7, 11) is -5.16. The van der Waals surface area contributed by atoms with Crippen molar-refractivity contribution in [1.82, 2.24) is 14.8 Å². The molecule has 0 saturated heterocycles. The third-order valence-corrected chi connectivity index (χ3v) is 3.96. The second-order valence-corrected chi connectivity index (χ2v) is 6.77. The molecule has 0 fully saturated rings. The third-order valence-electron chi connectivity index (χ3n) is 3.57. The largest absolute Gasteiger partial charge is 0.489 e. The molecule has 2 aromatic carbocycles. The van der Waals surface area contributed by atoms with E-state index < -0.39 is 34.7 Å². The SMILES string of the molecule is CC(=O)Nc1ncn(-c2cc(F)c(COc3ccc(OS(=O)(=O)F)cc3)c(F)c2)n1. The lowest BCUT2D eigenvalue weighted by atomic mass is 10.2. The number of amides is 1. The van der Waals surface area contributed by atoms with Crippen LogP contribution in [0.1, 0.15) is 12.5 Å². The zero-order valence-electron chi connectivity index (χ0n) is 15.2. The van der Waals surface area contributed by atoms with Gasteiger partial charge in [-0.05, 0) is 24.3 Å². The summed E-state index contributed by atoms with van der Waals surface area (Å²) in [4.78, 5) is 14.8. The van der Waals surface area contributed by atoms with Crippen LogP contribution in [0.5, 0.6) is 11.5 Å². The predicted octanol–water partition coefficient (Wildman–Crippen LogP) is 2.68. The van der Waals surface area contributed by atoms with Crippen molar-refractivity contribution in [2.75, 3.05) is 5.32 Å². The molecule has 0 atom stereocenters. The maximum atomic E-state index is 14.4. The molecule has 30 heavy (non-hydrogen) atoms. The Balaban J connectivity index is 1.71. The normalized spacial score (nSPS) is 11.2. The minimum absolute atomic E-state index is 0.0243. The summed E-state index contributed by atoms with van der Waals surface area (Å²) >= 11 is 0. The molecule has 0 radical (unpaired) electrons. The Labute approximate surface area is 168 Å². The Hall–Kier alpha value is -3.61. The Morgan fingerprint density at radius 3 is 2.30 bits per heavy atom. The molecule has 3 aromatic rings. The summed E-state index contributed by atoms with van der Waals surface area (Å²) in [6.45, 7) is 0.784. The molecule has 0 aliphatic carbocycles. The number of nitrogens with zero attached hydrogens (tertiary/aromatic N) is 3. The quantitative estimate of drug-likeness (QED) is 0.560. The lowest BCUT2D eigenvalue weighted by Crippen LogP contribution is -2.08. The maximum absolute atomic E-state index is 14.4. The average molecular weight is 442 g/mol. The first-order chi connectivity index (χ1) is 14.1. The van der Waals surface area contributed by atoms with Gasteiger partial charge in [0.1, 0.15) is 36.1 Å². The first kappa shape index (κ1) is 21.1. The minimum Gasteiger partial charge on any atom is -0.489 e. The van der Waals surface area contributed by atoms with Crippen LogP contribution in [-0.4, -0.2) is 29.1 Å². The van der Waals surface area contributed by atoms with Gasteiger partial charge in [0.15, 0.2) is 0 Å². The summed E-state index contributed by atoms with van der Waals surface area (Å²) in [5.74, 6) is -2.40. The monoisotopic (exact) mass is 442 g/mol. The zero-order valence-corrected chi connectivity index (χ0v) is 16.0. The number of carbonyl (C=O) groups is 1. The van der Waals surface area contributed by atoms with E-state index in [9.17, 15) is 25.9 Å². The average Bonchev–Trinajstić information content (AvgIpc) is 3.08. The topological polar surface area (TPSA) is 112 Å². The molecule has 0 spiro atoms. The molecule has 0 bridgehead atoms. The minimum atomic E-state index is -5.16. The Bertz CT molecular complexity index is 1160. The zero-order chi connectivity index (χ0) is 21.9. The summed E-state index contributed by atoms with van der Waals surface area (Å²) in [5.41, 5.74) is -0.334. The highest BCUT2D eigenvalue weighted by molar-refractivity contribution is 7.81. The fourth-order valence-corrected chi connectivity index (χ4v) is 2.66. The lowest BCUT2D eigenvalue weighted by molar-refractivity contribution is -0.114. The molecule has 1 amide bonds. The summed E-state index contributed by atoms with van der Waals surface area (Å²) in [6.07, 6.45) is 1.18. The summed E-state index contributed by atoms with van der Waals surface area (Å²) in [5, 5.41) is 6.23. The standard InChI is InChI=1S/C17H13F3N4O5S/c1-10(25)22-17-21-9-24(23-17)11-6-15(18)14(16(19)7-11)8-28-12-2-4-13(5-3-12)29-30(20,26)27/h2-7,9H,8H2,1H3,(H,22,23,25). The molecule has 1 heterocycles. The van der Waals surface area contributed by atoms with Crippen LogP contribution in [0.15, 0.2) is 42.7 Å². The van der Waals surface area contributed by atoms with Crippen molar-refractivity contribution in [3.8, 4) is 17.2 Å². The number of anilines is 1. The van der Waals surface area contributed by atoms with Crippen LogP contribution < -0.4 is 14.2 Å². The van der Waals surface area contributed by atoms with Crippen LogP contribution in [0.3, 0.4) is 0 Å². The number of rotatable bonds is 7. The van der Waals surface area contributed by atoms with Gasteiger partial charge < -0.3 is 8.92 Å². The molecule has 9 nitrogen and oxygen atoms in total. The second kappa shape index (κ2) is 8.41. The number of hydrogen-bond acceptors (Lipinski definition) is 7. The molecular formula is C17H13F3N4O5S. The lowest BCUT2D eigenvalue weighted by Gasteiger charge is -2.10. The summed E-state index contributed by atoms with van der Waals surface area (Å²) in [6, 6.07) is 6.72. The van der Waals surface area contributed by atoms with Crippen LogP contribution >= 0.6 is 0 Å². The molecule has 0 aliphatic rings. The highest BCUT2D eigenvalue weighted by Crippen LogP contribution is 2.23. The predicted molar refractivity (Wildman–Crippen MR) is 97.0 cm³/mol. The van der Waals surface area contributed by atoms with Crippen molar-refractivity contribution in [2.45, 2.75) is 13.5 Å². The number of benzene rings is 2. The van der Waals surface area contributed by atoms with E-state index in [1.54, 1.807) is 0 Å². The van der Waals surface area contributed by atoms with Gasteiger partial charge in [0, 0.05) is 19.1 Å². The van der Waals surface area contributed by atoms with E-state index in [1.165, 1.54) is 25.4 Å². The van der Waals surface area contributed by atoms with E-state index >= 15 is 0 Å². The number of hydrogen-bond donors (Lipinski definition) is 1. The number of aromatic nitrogens is 3. The molecule has 158 valence electrons. The van der Waals surface area contributed by atoms with E-state index in [2.05, 4.69) is 19.6 Å². The van der Waals surface area contributed by atoms with Gasteiger partial charge in [-0.3, -0.25) is 10.1 Å². The van der Waals surface area contributed by atoms with Crippen LogP contribution in [0.4, 0.5) is 18.6 Å². The van der Waals surface area contributed by atoms with Gasteiger partial charge >= 0.3 is 10.5 Å². The van der Waals surface area contributed by atoms with Crippen molar-refractivity contribution in [3.05, 3.63) is 59.9 Å². The van der Waals surface area contributed by atoms with Gasteiger partial charge in [-0.1, -0.05) is 3.89 Å². The smallest absolute Gasteiger partial charge is 0.488 e. The van der Waals surface area contributed by atoms with E-state index in [-0.39, 0.29) is 28.7 Å². The fourth-order valence-electron chi connectivity index (χ4n) is 2.32. The van der Waals surface area contributed by atoms with Crippen molar-refractivity contribution in [1.29, 1.82) is 0 Å². The van der Waals surface area contributed by atoms with E-state index in [4.69, 9.17) is 4.74 Å². The van der Waals surface area contributed by atoms with Crippen molar-refractivity contribution < 1.29 is 34.8 Å². The fraction of sp³-hybridized carbons (Fsp3) is 0.118. The molecule has 0 aliphatic heterocycles. The van der Waals surface area contributed by atoms with E-state index in [0.717, 1.165) is 28.9 Å². The molecule has 13 heteroatoms. The van der Waals surface area contributed by atoms with Gasteiger partial charge in [-0.25, -0.2) is 13.5 Å². The van der Waals surface area contributed by atoms with Crippen LogP contribution in [0.2, 0.25) is 0 Å². The molecule has 0 unspecified atom stereocenters. The van der Waals surface area contributed by atoms with Crippen LogP contribution in [0, 0.1) is 11.6 Å². The Morgan fingerprint density at radius 1 is 1.13 bits per heavy atom.